The molecule has 32 heavy (non-hydrogen) atoms. The number of aryl methyl sites for hydroxylation is 4. The monoisotopic (exact) mass is 428 g/mol. The van der Waals surface area contributed by atoms with Crippen molar-refractivity contribution in [1.82, 2.24) is 9.55 Å². The third-order valence-electron chi connectivity index (χ3n) is 5.86. The number of fused-ring (bicyclic) bond motifs is 1. The van der Waals surface area contributed by atoms with Crippen molar-refractivity contribution in [1.29, 1.82) is 0 Å². The summed E-state index contributed by atoms with van der Waals surface area (Å²) in [7, 11) is 0. The predicted octanol–water partition coefficient (Wildman–Crippen LogP) is 6.65. The second-order valence-corrected chi connectivity index (χ2v) is 8.23. The number of ether oxygens (including phenoxy) is 2. The van der Waals surface area contributed by atoms with Gasteiger partial charge in [0.15, 0.2) is 0 Å². The Kier molecular flexibility index (Phi) is 7.10. The number of hydrogen-bond donors (Lipinski definition) is 0. The zero-order valence-electron chi connectivity index (χ0n) is 19.3. The highest BCUT2D eigenvalue weighted by atomic mass is 16.5. The van der Waals surface area contributed by atoms with Gasteiger partial charge in [0.25, 0.3) is 0 Å². The minimum absolute atomic E-state index is 0.457. The van der Waals surface area contributed by atoms with Crippen LogP contribution in [0.25, 0.3) is 11.0 Å². The van der Waals surface area contributed by atoms with Crippen molar-refractivity contribution in [3.63, 3.8) is 0 Å². The summed E-state index contributed by atoms with van der Waals surface area (Å²) in [6, 6.07) is 22.9. The molecule has 166 valence electrons. The lowest BCUT2D eigenvalue weighted by Gasteiger charge is -2.13. The summed E-state index contributed by atoms with van der Waals surface area (Å²) < 4.78 is 14.4. The van der Waals surface area contributed by atoms with E-state index >= 15 is 0 Å². The summed E-state index contributed by atoms with van der Waals surface area (Å²) >= 11 is 0. The quantitative estimate of drug-likeness (QED) is 0.265. The number of nitrogens with zero attached hydrogens (tertiary/aromatic N) is 2. The zero-order valence-corrected chi connectivity index (χ0v) is 19.3. The number of unbranched alkanes of at least 4 members (excludes halogenated alkanes) is 1. The van der Waals surface area contributed by atoms with E-state index < -0.39 is 0 Å². The summed E-state index contributed by atoms with van der Waals surface area (Å²) in [5.41, 5.74) is 5.86. The first-order chi connectivity index (χ1) is 15.7. The van der Waals surface area contributed by atoms with E-state index in [-0.39, 0.29) is 0 Å². The Bertz CT molecular complexity index is 1140. The van der Waals surface area contributed by atoms with Gasteiger partial charge in [0, 0.05) is 6.54 Å². The van der Waals surface area contributed by atoms with Crippen LogP contribution in [0.4, 0.5) is 0 Å². The number of para-hydroxylation sites is 3. The Balaban J connectivity index is 1.38. The molecule has 0 aliphatic carbocycles. The molecule has 0 saturated heterocycles. The van der Waals surface area contributed by atoms with Crippen LogP contribution >= 0.6 is 0 Å². The maximum atomic E-state index is 6.08. The first kappa shape index (κ1) is 21.9. The summed E-state index contributed by atoms with van der Waals surface area (Å²) in [6.45, 7) is 8.42. The van der Waals surface area contributed by atoms with E-state index in [0.29, 0.717) is 13.2 Å². The first-order valence-electron chi connectivity index (χ1n) is 11.5. The number of rotatable bonds is 10. The maximum Gasteiger partial charge on any atom is 0.147 e. The van der Waals surface area contributed by atoms with Gasteiger partial charge in [-0.25, -0.2) is 4.98 Å². The lowest BCUT2D eigenvalue weighted by atomic mass is 10.1. The van der Waals surface area contributed by atoms with Crippen molar-refractivity contribution in [3.8, 4) is 11.5 Å². The smallest absolute Gasteiger partial charge is 0.147 e. The van der Waals surface area contributed by atoms with Crippen LogP contribution in [0.2, 0.25) is 0 Å². The third-order valence-corrected chi connectivity index (χ3v) is 5.86. The molecule has 0 amide bonds. The molecule has 0 bridgehead atoms. The van der Waals surface area contributed by atoms with E-state index in [1.165, 1.54) is 16.7 Å². The van der Waals surface area contributed by atoms with Crippen molar-refractivity contribution in [2.24, 2.45) is 0 Å². The van der Waals surface area contributed by atoms with Gasteiger partial charge in [-0.15, -0.1) is 0 Å². The van der Waals surface area contributed by atoms with Gasteiger partial charge in [-0.2, -0.15) is 0 Å². The minimum atomic E-state index is 0.457. The minimum Gasteiger partial charge on any atom is -0.493 e. The molecule has 0 radical (unpaired) electrons. The Morgan fingerprint density at radius 3 is 2.31 bits per heavy atom. The molecule has 1 aromatic heterocycles. The fourth-order valence-electron chi connectivity index (χ4n) is 4.03. The van der Waals surface area contributed by atoms with Crippen molar-refractivity contribution in [2.75, 3.05) is 6.61 Å². The maximum absolute atomic E-state index is 6.08. The van der Waals surface area contributed by atoms with E-state index in [2.05, 4.69) is 73.9 Å². The fraction of sp³-hybridized carbons (Fsp3) is 0.321. The van der Waals surface area contributed by atoms with Crippen LogP contribution in [-0.4, -0.2) is 16.2 Å². The average molecular weight is 429 g/mol. The topological polar surface area (TPSA) is 36.3 Å². The third kappa shape index (κ3) is 5.13. The molecule has 4 rings (SSSR count). The molecular formula is C28H32N2O2. The molecule has 0 fully saturated rings. The van der Waals surface area contributed by atoms with Crippen molar-refractivity contribution in [2.45, 2.75) is 53.2 Å². The SMILES string of the molecule is CCc1ccc(OCc2nc3ccccc3n2CCCCOc2c(C)cccc2C)cc1. The Hall–Kier alpha value is -3.27. The molecule has 4 aromatic rings. The lowest BCUT2D eigenvalue weighted by Crippen LogP contribution is -2.09. The summed E-state index contributed by atoms with van der Waals surface area (Å²) in [5, 5.41) is 0. The van der Waals surface area contributed by atoms with Gasteiger partial charge in [-0.05, 0) is 74.1 Å². The highest BCUT2D eigenvalue weighted by Gasteiger charge is 2.11. The average Bonchev–Trinajstić information content (AvgIpc) is 3.17. The normalized spacial score (nSPS) is 11.1. The second kappa shape index (κ2) is 10.4. The van der Waals surface area contributed by atoms with E-state index in [0.717, 1.165) is 54.2 Å². The van der Waals surface area contributed by atoms with Gasteiger partial charge < -0.3 is 14.0 Å². The van der Waals surface area contributed by atoms with Crippen LogP contribution in [0.15, 0.2) is 66.7 Å². The van der Waals surface area contributed by atoms with Gasteiger partial charge >= 0.3 is 0 Å². The van der Waals surface area contributed by atoms with Gasteiger partial charge in [0.05, 0.1) is 17.6 Å². The molecular weight excluding hydrogens is 396 g/mol. The Morgan fingerprint density at radius 2 is 1.56 bits per heavy atom. The molecule has 0 saturated carbocycles. The Labute approximate surface area is 190 Å². The second-order valence-electron chi connectivity index (χ2n) is 8.23. The van der Waals surface area contributed by atoms with Gasteiger partial charge in [-0.1, -0.05) is 49.4 Å². The molecule has 4 heteroatoms. The summed E-state index contributed by atoms with van der Waals surface area (Å²) in [5.74, 6) is 2.85. The molecule has 0 N–H and O–H groups in total. The van der Waals surface area contributed by atoms with Gasteiger partial charge in [-0.3, -0.25) is 0 Å². The molecule has 0 spiro atoms. The standard InChI is InChI=1S/C28H32N2O2/c1-4-23-14-16-24(17-15-23)32-20-27-29-25-12-5-6-13-26(25)30(27)18-7-8-19-31-28-21(2)10-9-11-22(28)3/h5-6,9-17H,4,7-8,18-20H2,1-3H3. The molecule has 0 unspecified atom stereocenters. The zero-order chi connectivity index (χ0) is 22.3. The largest absolute Gasteiger partial charge is 0.493 e. The van der Waals surface area contributed by atoms with Crippen LogP contribution in [0.5, 0.6) is 11.5 Å². The van der Waals surface area contributed by atoms with Crippen LogP contribution in [-0.2, 0) is 19.6 Å². The summed E-state index contributed by atoms with van der Waals surface area (Å²) in [4.78, 5) is 4.84. The van der Waals surface area contributed by atoms with Crippen molar-refractivity contribution < 1.29 is 9.47 Å². The number of hydrogen-bond acceptors (Lipinski definition) is 3. The highest BCUT2D eigenvalue weighted by molar-refractivity contribution is 5.75. The number of benzene rings is 3. The van der Waals surface area contributed by atoms with E-state index in [1.807, 2.05) is 18.2 Å². The molecule has 0 aliphatic heterocycles. The molecule has 4 nitrogen and oxygen atoms in total. The Morgan fingerprint density at radius 1 is 0.812 bits per heavy atom. The van der Waals surface area contributed by atoms with Crippen molar-refractivity contribution in [3.05, 3.63) is 89.2 Å². The molecule has 0 aliphatic rings. The van der Waals surface area contributed by atoms with Crippen LogP contribution in [0.3, 0.4) is 0 Å². The van der Waals surface area contributed by atoms with Crippen LogP contribution < -0.4 is 9.47 Å². The van der Waals surface area contributed by atoms with Crippen LogP contribution in [0.1, 0.15) is 42.3 Å². The molecule has 3 aromatic carbocycles. The van der Waals surface area contributed by atoms with Gasteiger partial charge in [0.1, 0.15) is 23.9 Å². The van der Waals surface area contributed by atoms with Crippen LogP contribution in [0, 0.1) is 13.8 Å². The van der Waals surface area contributed by atoms with Gasteiger partial charge in [0.2, 0.25) is 0 Å². The molecule has 0 atom stereocenters. The predicted molar refractivity (Wildman–Crippen MR) is 131 cm³/mol. The van der Waals surface area contributed by atoms with E-state index in [4.69, 9.17) is 14.5 Å². The first-order valence-corrected chi connectivity index (χ1v) is 11.5. The van der Waals surface area contributed by atoms with Crippen molar-refractivity contribution >= 4 is 11.0 Å². The highest BCUT2D eigenvalue weighted by Crippen LogP contribution is 2.23. The molecule has 1 heterocycles. The lowest BCUT2D eigenvalue weighted by molar-refractivity contribution is 0.284. The van der Waals surface area contributed by atoms with E-state index in [9.17, 15) is 0 Å². The summed E-state index contributed by atoms with van der Waals surface area (Å²) in [6.07, 6.45) is 3.03. The van der Waals surface area contributed by atoms with E-state index in [1.54, 1.807) is 0 Å². The fourth-order valence-corrected chi connectivity index (χ4v) is 4.03. The number of imidazole rings is 1. The number of aromatic nitrogens is 2.